The predicted octanol–water partition coefficient (Wildman–Crippen LogP) is 3.23. The van der Waals surface area contributed by atoms with E-state index in [2.05, 4.69) is 10.6 Å². The first kappa shape index (κ1) is 27.3. The van der Waals surface area contributed by atoms with Gasteiger partial charge in [0.2, 0.25) is 11.7 Å². The molecule has 0 radical (unpaired) electrons. The van der Waals surface area contributed by atoms with Gasteiger partial charge in [0, 0.05) is 23.5 Å². The monoisotopic (exact) mass is 505 g/mol. The maximum absolute atomic E-state index is 12.4. The van der Waals surface area contributed by atoms with E-state index in [-0.39, 0.29) is 5.91 Å². The van der Waals surface area contributed by atoms with Gasteiger partial charge in [-0.2, -0.15) is 0 Å². The Balaban J connectivity index is 1.56. The third-order valence-corrected chi connectivity index (χ3v) is 5.52. The topological polar surface area (TPSA) is 132 Å². The lowest BCUT2D eigenvalue weighted by Gasteiger charge is -2.18. The van der Waals surface area contributed by atoms with Crippen LogP contribution in [0.3, 0.4) is 0 Å². The Kier molecular flexibility index (Phi) is 9.65. The Bertz CT molecular complexity index is 1200. The summed E-state index contributed by atoms with van der Waals surface area (Å²) < 4.78 is 15.9. The number of benzene rings is 3. The second-order valence-corrected chi connectivity index (χ2v) is 8.15. The van der Waals surface area contributed by atoms with Gasteiger partial charge in [0.25, 0.3) is 5.91 Å². The van der Waals surface area contributed by atoms with Crippen LogP contribution in [0.25, 0.3) is 6.08 Å². The number of anilines is 2. The maximum atomic E-state index is 12.4. The molecule has 0 saturated carbocycles. The molecule has 0 aliphatic carbocycles. The molecule has 0 aliphatic heterocycles. The van der Waals surface area contributed by atoms with Crippen molar-refractivity contribution in [1.82, 2.24) is 0 Å². The van der Waals surface area contributed by atoms with Gasteiger partial charge in [-0.15, -0.1) is 0 Å². The van der Waals surface area contributed by atoms with Crippen molar-refractivity contribution < 1.29 is 28.9 Å². The number of aliphatic hydroxyl groups excluding tert-OH is 1. The molecule has 0 bridgehead atoms. The van der Waals surface area contributed by atoms with Gasteiger partial charge in [0.05, 0.1) is 21.3 Å². The molecule has 3 aromatic rings. The molecule has 0 unspecified atom stereocenters. The molecule has 0 fully saturated rings. The zero-order chi connectivity index (χ0) is 26.8. The highest BCUT2D eigenvalue weighted by atomic mass is 16.5. The van der Waals surface area contributed by atoms with E-state index in [0.29, 0.717) is 40.6 Å². The Morgan fingerprint density at radius 2 is 1.46 bits per heavy atom. The lowest BCUT2D eigenvalue weighted by atomic mass is 10.0. The van der Waals surface area contributed by atoms with Crippen LogP contribution in [0.15, 0.2) is 72.8 Å². The molecule has 37 heavy (non-hydrogen) atoms. The molecule has 9 heteroatoms. The zero-order valence-corrected chi connectivity index (χ0v) is 20.9. The second kappa shape index (κ2) is 13.1. The fourth-order valence-electron chi connectivity index (χ4n) is 3.60. The van der Waals surface area contributed by atoms with Crippen LogP contribution in [0, 0.1) is 0 Å². The minimum Gasteiger partial charge on any atom is -0.493 e. The van der Waals surface area contributed by atoms with Crippen LogP contribution in [-0.2, 0) is 16.0 Å². The van der Waals surface area contributed by atoms with E-state index in [1.165, 1.54) is 27.4 Å². The van der Waals surface area contributed by atoms with E-state index in [1.54, 1.807) is 42.5 Å². The highest BCUT2D eigenvalue weighted by Crippen LogP contribution is 2.38. The van der Waals surface area contributed by atoms with E-state index < -0.39 is 18.1 Å². The summed E-state index contributed by atoms with van der Waals surface area (Å²) in [5, 5.41) is 15.7. The van der Waals surface area contributed by atoms with E-state index in [4.69, 9.17) is 19.9 Å². The molecule has 0 spiro atoms. The first-order valence-electron chi connectivity index (χ1n) is 11.5. The van der Waals surface area contributed by atoms with Crippen LogP contribution in [0.2, 0.25) is 0 Å². The maximum Gasteiger partial charge on any atom is 0.254 e. The third kappa shape index (κ3) is 7.57. The average molecular weight is 506 g/mol. The Morgan fingerprint density at radius 3 is 2.00 bits per heavy atom. The molecule has 0 heterocycles. The Hall–Kier alpha value is -4.34. The van der Waals surface area contributed by atoms with Crippen LogP contribution >= 0.6 is 0 Å². The van der Waals surface area contributed by atoms with Gasteiger partial charge in [-0.1, -0.05) is 30.3 Å². The van der Waals surface area contributed by atoms with E-state index >= 15 is 0 Å². The van der Waals surface area contributed by atoms with Gasteiger partial charge >= 0.3 is 0 Å². The minimum absolute atomic E-state index is 0.354. The first-order chi connectivity index (χ1) is 17.8. The van der Waals surface area contributed by atoms with Crippen molar-refractivity contribution in [3.63, 3.8) is 0 Å². The van der Waals surface area contributed by atoms with Gasteiger partial charge in [0.1, 0.15) is 6.10 Å². The van der Waals surface area contributed by atoms with E-state index in [1.807, 2.05) is 30.3 Å². The number of aliphatic hydroxyl groups is 1. The number of amides is 2. The Morgan fingerprint density at radius 1 is 0.892 bits per heavy atom. The summed E-state index contributed by atoms with van der Waals surface area (Å²) in [6.45, 7) is 0. The van der Waals surface area contributed by atoms with E-state index in [9.17, 15) is 14.7 Å². The minimum atomic E-state index is -1.38. The molecule has 9 nitrogen and oxygen atoms in total. The molecular weight excluding hydrogens is 474 g/mol. The lowest BCUT2D eigenvalue weighted by molar-refractivity contribution is -0.124. The van der Waals surface area contributed by atoms with Crippen LogP contribution in [0.1, 0.15) is 11.1 Å². The van der Waals surface area contributed by atoms with Crippen molar-refractivity contribution in [2.24, 2.45) is 5.73 Å². The summed E-state index contributed by atoms with van der Waals surface area (Å²) in [5.41, 5.74) is 8.62. The number of carbonyl (C=O) groups excluding carboxylic acids is 2. The predicted molar refractivity (Wildman–Crippen MR) is 143 cm³/mol. The van der Waals surface area contributed by atoms with Crippen molar-refractivity contribution >= 4 is 29.3 Å². The molecule has 3 aromatic carbocycles. The zero-order valence-electron chi connectivity index (χ0n) is 20.9. The molecule has 2 atom stereocenters. The molecule has 0 saturated heterocycles. The number of nitrogens with one attached hydrogen (secondary N) is 2. The molecule has 0 aromatic heterocycles. The Labute approximate surface area is 215 Å². The van der Waals surface area contributed by atoms with Crippen molar-refractivity contribution in [2.75, 3.05) is 32.0 Å². The van der Waals surface area contributed by atoms with Crippen molar-refractivity contribution in [3.05, 3.63) is 83.9 Å². The summed E-state index contributed by atoms with van der Waals surface area (Å²) >= 11 is 0. The number of carbonyl (C=O) groups is 2. The third-order valence-electron chi connectivity index (χ3n) is 5.52. The number of methoxy groups -OCH3 is 3. The van der Waals surface area contributed by atoms with Crippen LogP contribution < -0.4 is 30.6 Å². The van der Waals surface area contributed by atoms with Crippen molar-refractivity contribution in [1.29, 1.82) is 0 Å². The summed E-state index contributed by atoms with van der Waals surface area (Å²) in [4.78, 5) is 24.8. The fraction of sp³-hybridized carbons (Fsp3) is 0.214. The highest BCUT2D eigenvalue weighted by Gasteiger charge is 2.23. The van der Waals surface area contributed by atoms with Crippen molar-refractivity contribution in [2.45, 2.75) is 18.6 Å². The number of rotatable bonds is 11. The normalized spacial score (nSPS) is 12.5. The summed E-state index contributed by atoms with van der Waals surface area (Å²) in [5.74, 6) is 0.460. The lowest BCUT2D eigenvalue weighted by Crippen LogP contribution is -2.44. The first-order valence-corrected chi connectivity index (χ1v) is 11.5. The van der Waals surface area contributed by atoms with Gasteiger partial charge in [-0.3, -0.25) is 9.59 Å². The smallest absolute Gasteiger partial charge is 0.254 e. The molecule has 194 valence electrons. The molecular formula is C28H31N3O6. The van der Waals surface area contributed by atoms with Crippen molar-refractivity contribution in [3.8, 4) is 17.2 Å². The number of hydrogen-bond acceptors (Lipinski definition) is 7. The second-order valence-electron chi connectivity index (χ2n) is 8.15. The molecule has 2 amide bonds. The highest BCUT2D eigenvalue weighted by molar-refractivity contribution is 6.02. The van der Waals surface area contributed by atoms with Gasteiger partial charge in [-0.25, -0.2) is 0 Å². The summed E-state index contributed by atoms with van der Waals surface area (Å²) in [7, 11) is 4.55. The summed E-state index contributed by atoms with van der Waals surface area (Å²) in [6.07, 6.45) is 1.99. The van der Waals surface area contributed by atoms with Gasteiger partial charge in [-0.05, 0) is 60.0 Å². The molecule has 3 rings (SSSR count). The quantitative estimate of drug-likeness (QED) is 0.294. The summed E-state index contributed by atoms with van der Waals surface area (Å²) in [6, 6.07) is 18.6. The number of hydrogen-bond donors (Lipinski definition) is 4. The van der Waals surface area contributed by atoms with Gasteiger partial charge in [0.15, 0.2) is 11.5 Å². The fourth-order valence-corrected chi connectivity index (χ4v) is 3.60. The van der Waals surface area contributed by atoms with Crippen LogP contribution in [0.4, 0.5) is 11.4 Å². The van der Waals surface area contributed by atoms with E-state index in [0.717, 1.165) is 5.56 Å². The van der Waals surface area contributed by atoms with Crippen LogP contribution in [0.5, 0.6) is 17.2 Å². The number of ether oxygens (including phenoxy) is 3. The largest absolute Gasteiger partial charge is 0.493 e. The molecule has 0 aliphatic rings. The van der Waals surface area contributed by atoms with Crippen LogP contribution in [-0.4, -0.2) is 50.4 Å². The standard InChI is InChI=1S/C28H31N3O6/c1-35-23-16-19(17-24(36-2)27(23)37-3)9-14-25(32)30-20-10-12-21(13-11-20)31-28(34)26(33)22(29)15-18-7-5-4-6-8-18/h4-14,16-17,22,26,33H,15,29H2,1-3H3,(H,30,32)(H,31,34)/b14-9+/t22-,26+/m1/s1. The SMILES string of the molecule is COc1cc(/C=C/C(=O)Nc2ccc(NC(=O)[C@@H](O)[C@H](N)Cc3ccccc3)cc2)cc(OC)c1OC. The number of nitrogens with two attached hydrogens (primary N) is 1. The van der Waals surface area contributed by atoms with Gasteiger partial charge < -0.3 is 35.7 Å². The average Bonchev–Trinajstić information content (AvgIpc) is 2.92. The molecule has 5 N–H and O–H groups in total.